The van der Waals surface area contributed by atoms with E-state index in [1.807, 2.05) is 38.1 Å². The average molecular weight is 493 g/mol. The molecule has 8 heteroatoms. The molecular weight excluding hydrogens is 463 g/mol. The highest BCUT2D eigenvalue weighted by Crippen LogP contribution is 2.36. The molecule has 1 aliphatic rings. The van der Waals surface area contributed by atoms with Crippen molar-refractivity contribution in [2.45, 2.75) is 63.7 Å². The van der Waals surface area contributed by atoms with Gasteiger partial charge in [0.25, 0.3) is 0 Å². The molecular formula is C27H29FN4O2S. The van der Waals surface area contributed by atoms with E-state index in [-0.39, 0.29) is 23.4 Å². The van der Waals surface area contributed by atoms with Crippen molar-refractivity contribution in [2.75, 3.05) is 5.75 Å². The van der Waals surface area contributed by atoms with E-state index in [9.17, 15) is 9.18 Å². The Morgan fingerprint density at radius 3 is 2.66 bits per heavy atom. The molecule has 1 saturated carbocycles. The Morgan fingerprint density at radius 1 is 1.11 bits per heavy atom. The van der Waals surface area contributed by atoms with Gasteiger partial charge in [0, 0.05) is 23.0 Å². The molecule has 0 aliphatic heterocycles. The van der Waals surface area contributed by atoms with Crippen LogP contribution in [0.2, 0.25) is 0 Å². The van der Waals surface area contributed by atoms with E-state index in [2.05, 4.69) is 19.3 Å². The van der Waals surface area contributed by atoms with Crippen LogP contribution in [0.4, 0.5) is 4.39 Å². The number of benzene rings is 1. The van der Waals surface area contributed by atoms with Gasteiger partial charge in [-0.25, -0.2) is 4.39 Å². The molecule has 5 rings (SSSR count). The lowest BCUT2D eigenvalue weighted by Crippen LogP contribution is -2.16. The second kappa shape index (κ2) is 10.2. The maximum absolute atomic E-state index is 14.6. The number of rotatable bonds is 8. The minimum Gasteiger partial charge on any atom is -0.467 e. The van der Waals surface area contributed by atoms with Crippen molar-refractivity contribution >= 4 is 17.5 Å². The van der Waals surface area contributed by atoms with Gasteiger partial charge in [-0.05, 0) is 57.0 Å². The monoisotopic (exact) mass is 492 g/mol. The zero-order valence-corrected chi connectivity index (χ0v) is 20.9. The summed E-state index contributed by atoms with van der Waals surface area (Å²) < 4.78 is 24.3. The summed E-state index contributed by atoms with van der Waals surface area (Å²) in [5.74, 6) is 1.36. The van der Waals surface area contributed by atoms with Crippen LogP contribution in [0, 0.1) is 19.7 Å². The van der Waals surface area contributed by atoms with Gasteiger partial charge in [0.1, 0.15) is 11.6 Å². The third-order valence-electron chi connectivity index (χ3n) is 6.82. The maximum atomic E-state index is 14.6. The zero-order chi connectivity index (χ0) is 24.4. The Kier molecular flexibility index (Phi) is 6.90. The molecule has 3 heterocycles. The summed E-state index contributed by atoms with van der Waals surface area (Å²) in [6, 6.07) is 12.6. The Balaban J connectivity index is 1.39. The third kappa shape index (κ3) is 4.85. The number of hydrogen-bond acceptors (Lipinski definition) is 5. The van der Waals surface area contributed by atoms with Gasteiger partial charge in [0.05, 0.1) is 24.1 Å². The Bertz CT molecular complexity index is 1320. The van der Waals surface area contributed by atoms with Gasteiger partial charge >= 0.3 is 0 Å². The lowest BCUT2D eigenvalue weighted by Gasteiger charge is -2.25. The van der Waals surface area contributed by atoms with Gasteiger partial charge in [-0.15, -0.1) is 10.2 Å². The van der Waals surface area contributed by atoms with Crippen LogP contribution in [-0.4, -0.2) is 30.9 Å². The molecule has 1 fully saturated rings. The van der Waals surface area contributed by atoms with E-state index in [1.165, 1.54) is 24.2 Å². The highest BCUT2D eigenvalue weighted by atomic mass is 32.2. The van der Waals surface area contributed by atoms with E-state index in [1.54, 1.807) is 18.4 Å². The minimum absolute atomic E-state index is 0.0411. The lowest BCUT2D eigenvalue weighted by atomic mass is 9.95. The predicted octanol–water partition coefficient (Wildman–Crippen LogP) is 6.62. The van der Waals surface area contributed by atoms with Crippen molar-refractivity contribution in [1.82, 2.24) is 19.3 Å². The fourth-order valence-corrected chi connectivity index (χ4v) is 5.85. The third-order valence-corrected chi connectivity index (χ3v) is 7.76. The van der Waals surface area contributed by atoms with Crippen LogP contribution < -0.4 is 0 Å². The normalized spacial score (nSPS) is 14.5. The first kappa shape index (κ1) is 23.6. The van der Waals surface area contributed by atoms with Gasteiger partial charge in [0.2, 0.25) is 0 Å². The number of ketones is 1. The Labute approximate surface area is 208 Å². The Morgan fingerprint density at radius 2 is 1.91 bits per heavy atom. The lowest BCUT2D eigenvalue weighted by molar-refractivity contribution is 0.102. The van der Waals surface area contributed by atoms with Crippen LogP contribution in [0.15, 0.2) is 58.3 Å². The van der Waals surface area contributed by atoms with Crippen LogP contribution in [0.25, 0.3) is 11.4 Å². The molecule has 0 saturated heterocycles. The second-order valence-electron chi connectivity index (χ2n) is 9.11. The molecule has 3 aromatic heterocycles. The number of carbonyl (C=O) groups is 1. The second-order valence-corrected chi connectivity index (χ2v) is 10.1. The summed E-state index contributed by atoms with van der Waals surface area (Å²) in [5, 5.41) is 9.46. The fourth-order valence-electron chi connectivity index (χ4n) is 4.96. The van der Waals surface area contributed by atoms with Crippen LogP contribution >= 0.6 is 11.8 Å². The number of nitrogens with zero attached hydrogens (tertiary/aromatic N) is 4. The van der Waals surface area contributed by atoms with E-state index in [4.69, 9.17) is 4.42 Å². The molecule has 0 spiro atoms. The molecule has 4 aromatic rings. The standard InChI is InChI=1S/C27H29FN4O2S/c1-18-15-23(19(2)31(18)16-21-11-8-14-34-21)25(33)17-35-27-30-29-26(22-12-6-7-13-24(22)28)32(27)20-9-4-3-5-10-20/h6-8,11-15,20H,3-5,9-10,16-17H2,1-2H3. The summed E-state index contributed by atoms with van der Waals surface area (Å²) >= 11 is 1.38. The largest absolute Gasteiger partial charge is 0.467 e. The van der Waals surface area contributed by atoms with Crippen LogP contribution in [-0.2, 0) is 6.54 Å². The van der Waals surface area contributed by atoms with Gasteiger partial charge in [0.15, 0.2) is 16.8 Å². The highest BCUT2D eigenvalue weighted by Gasteiger charge is 2.26. The number of aromatic nitrogens is 4. The summed E-state index contributed by atoms with van der Waals surface area (Å²) in [6.45, 7) is 4.56. The molecule has 35 heavy (non-hydrogen) atoms. The number of aryl methyl sites for hydroxylation is 1. The van der Waals surface area contributed by atoms with Crippen molar-refractivity contribution in [1.29, 1.82) is 0 Å². The summed E-state index contributed by atoms with van der Waals surface area (Å²) in [7, 11) is 0. The van der Waals surface area contributed by atoms with E-state index in [0.717, 1.165) is 42.8 Å². The molecule has 0 radical (unpaired) electrons. The van der Waals surface area contributed by atoms with Crippen molar-refractivity contribution in [2.24, 2.45) is 0 Å². The molecule has 1 aromatic carbocycles. The van der Waals surface area contributed by atoms with Gasteiger partial charge in [-0.3, -0.25) is 9.36 Å². The number of Topliss-reactive ketones (excluding diaryl/α,β-unsaturated/α-hetero) is 1. The topological polar surface area (TPSA) is 65.8 Å². The average Bonchev–Trinajstić information content (AvgIpc) is 3.60. The summed E-state index contributed by atoms with van der Waals surface area (Å²) in [4.78, 5) is 13.3. The summed E-state index contributed by atoms with van der Waals surface area (Å²) in [6.07, 6.45) is 7.14. The Hall–Kier alpha value is -3.13. The van der Waals surface area contributed by atoms with Gasteiger partial charge in [-0.2, -0.15) is 0 Å². The predicted molar refractivity (Wildman–Crippen MR) is 134 cm³/mol. The smallest absolute Gasteiger partial charge is 0.192 e. The SMILES string of the molecule is Cc1cc(C(=O)CSc2nnc(-c3ccccc3F)n2C2CCCCC2)c(C)n1Cc1ccco1. The highest BCUT2D eigenvalue weighted by molar-refractivity contribution is 7.99. The number of hydrogen-bond donors (Lipinski definition) is 0. The van der Waals surface area contributed by atoms with Gasteiger partial charge < -0.3 is 8.98 Å². The molecule has 0 unspecified atom stereocenters. The van der Waals surface area contributed by atoms with E-state index in [0.29, 0.717) is 28.7 Å². The number of carbonyl (C=O) groups excluding carboxylic acids is 1. The molecule has 6 nitrogen and oxygen atoms in total. The van der Waals surface area contributed by atoms with Gasteiger partial charge in [-0.1, -0.05) is 43.2 Å². The quantitative estimate of drug-likeness (QED) is 0.204. The first-order chi connectivity index (χ1) is 17.0. The molecule has 0 amide bonds. The van der Waals surface area contributed by atoms with Crippen LogP contribution in [0.5, 0.6) is 0 Å². The van der Waals surface area contributed by atoms with Crippen molar-refractivity contribution in [3.8, 4) is 11.4 Å². The first-order valence-corrected chi connectivity index (χ1v) is 13.1. The first-order valence-electron chi connectivity index (χ1n) is 12.1. The van der Waals surface area contributed by atoms with Crippen molar-refractivity contribution < 1.29 is 13.6 Å². The van der Waals surface area contributed by atoms with Crippen molar-refractivity contribution in [3.05, 3.63) is 77.3 Å². The maximum Gasteiger partial charge on any atom is 0.192 e. The number of furan rings is 1. The minimum atomic E-state index is -0.311. The van der Waals surface area contributed by atoms with E-state index < -0.39 is 0 Å². The zero-order valence-electron chi connectivity index (χ0n) is 20.0. The summed E-state index contributed by atoms with van der Waals surface area (Å²) in [5.41, 5.74) is 3.09. The van der Waals surface area contributed by atoms with Crippen LogP contribution in [0.3, 0.4) is 0 Å². The molecule has 0 N–H and O–H groups in total. The molecule has 0 atom stereocenters. The fraction of sp³-hybridized carbons (Fsp3) is 0.370. The number of thioether (sulfide) groups is 1. The van der Waals surface area contributed by atoms with E-state index >= 15 is 0 Å². The number of halogens is 1. The molecule has 182 valence electrons. The molecule has 0 bridgehead atoms. The van der Waals surface area contributed by atoms with Crippen molar-refractivity contribution in [3.63, 3.8) is 0 Å². The molecule has 1 aliphatic carbocycles. The van der Waals surface area contributed by atoms with Crippen LogP contribution in [0.1, 0.15) is 65.7 Å².